The van der Waals surface area contributed by atoms with Crippen LogP contribution in [0.4, 0.5) is 5.82 Å². The van der Waals surface area contributed by atoms with Gasteiger partial charge >= 0.3 is 0 Å². The Hall–Kier alpha value is -1.95. The molecule has 2 N–H and O–H groups in total. The molecular formula is C12H10BrN3O2. The van der Waals surface area contributed by atoms with Crippen LogP contribution in [-0.2, 0) is 0 Å². The molecule has 0 aliphatic rings. The second kappa shape index (κ2) is 5.14. The molecule has 6 heteroatoms. The largest absolute Gasteiger partial charge is 0.318 e. The molecule has 0 unspecified atom stereocenters. The number of carbonyl (C=O) groups is 1. The van der Waals surface area contributed by atoms with E-state index < -0.39 is 5.91 Å². The van der Waals surface area contributed by atoms with Crippen LogP contribution in [-0.4, -0.2) is 15.9 Å². The lowest BCUT2D eigenvalue weighted by molar-refractivity contribution is 0.102. The van der Waals surface area contributed by atoms with Crippen molar-refractivity contribution in [3.05, 3.63) is 56.5 Å². The molecule has 2 aromatic heterocycles. The maximum atomic E-state index is 11.8. The molecule has 2 rings (SSSR count). The molecule has 0 aromatic carbocycles. The Morgan fingerprint density at radius 3 is 2.89 bits per heavy atom. The van der Waals surface area contributed by atoms with Crippen LogP contribution in [0.25, 0.3) is 0 Å². The number of anilines is 1. The van der Waals surface area contributed by atoms with Gasteiger partial charge < -0.3 is 10.3 Å². The van der Waals surface area contributed by atoms with E-state index in [1.54, 1.807) is 12.3 Å². The SMILES string of the molecule is Cc1cc(NC(=O)c2cccc(=O)[nH]2)ncc1Br. The minimum atomic E-state index is -0.401. The first-order valence-electron chi connectivity index (χ1n) is 5.19. The summed E-state index contributed by atoms with van der Waals surface area (Å²) >= 11 is 3.33. The van der Waals surface area contributed by atoms with Gasteiger partial charge in [-0.3, -0.25) is 9.59 Å². The maximum Gasteiger partial charge on any atom is 0.273 e. The third-order valence-electron chi connectivity index (χ3n) is 2.30. The van der Waals surface area contributed by atoms with Crippen molar-refractivity contribution < 1.29 is 4.79 Å². The van der Waals surface area contributed by atoms with Crippen molar-refractivity contribution in [2.45, 2.75) is 6.92 Å². The summed E-state index contributed by atoms with van der Waals surface area (Å²) in [7, 11) is 0. The minimum absolute atomic E-state index is 0.199. The molecule has 2 aromatic rings. The summed E-state index contributed by atoms with van der Waals surface area (Å²) in [5, 5.41) is 2.61. The highest BCUT2D eigenvalue weighted by atomic mass is 79.9. The molecule has 0 bridgehead atoms. The predicted octanol–water partition coefficient (Wildman–Crippen LogP) is 2.09. The van der Waals surface area contributed by atoms with E-state index in [1.807, 2.05) is 6.92 Å². The Labute approximate surface area is 111 Å². The second-order valence-corrected chi connectivity index (χ2v) is 4.56. The van der Waals surface area contributed by atoms with Gasteiger partial charge in [-0.05, 0) is 40.5 Å². The Kier molecular flexibility index (Phi) is 3.57. The van der Waals surface area contributed by atoms with Crippen LogP contribution in [0, 0.1) is 6.92 Å². The Morgan fingerprint density at radius 2 is 2.22 bits per heavy atom. The van der Waals surface area contributed by atoms with Gasteiger partial charge in [0.2, 0.25) is 5.56 Å². The predicted molar refractivity (Wildman–Crippen MR) is 71.7 cm³/mol. The van der Waals surface area contributed by atoms with Crippen molar-refractivity contribution in [1.82, 2.24) is 9.97 Å². The lowest BCUT2D eigenvalue weighted by Crippen LogP contribution is -2.18. The number of rotatable bonds is 2. The van der Waals surface area contributed by atoms with Crippen molar-refractivity contribution >= 4 is 27.7 Å². The molecule has 0 aliphatic carbocycles. The van der Waals surface area contributed by atoms with E-state index in [1.165, 1.54) is 18.2 Å². The van der Waals surface area contributed by atoms with Gasteiger partial charge in [0.15, 0.2) is 0 Å². The van der Waals surface area contributed by atoms with Gasteiger partial charge in [0.25, 0.3) is 5.91 Å². The molecule has 5 nitrogen and oxygen atoms in total. The Balaban J connectivity index is 2.21. The Morgan fingerprint density at radius 1 is 1.44 bits per heavy atom. The fourth-order valence-corrected chi connectivity index (χ4v) is 1.59. The average Bonchev–Trinajstić information content (AvgIpc) is 2.34. The Bertz CT molecular complexity index is 652. The molecule has 0 atom stereocenters. The van der Waals surface area contributed by atoms with Crippen molar-refractivity contribution in [3.8, 4) is 0 Å². The first kappa shape index (κ1) is 12.5. The van der Waals surface area contributed by atoms with Gasteiger partial charge in [0, 0.05) is 16.7 Å². The summed E-state index contributed by atoms with van der Waals surface area (Å²) in [5.41, 5.74) is 0.842. The van der Waals surface area contributed by atoms with Crippen LogP contribution in [0.2, 0.25) is 0 Å². The number of hydrogen-bond acceptors (Lipinski definition) is 3. The van der Waals surface area contributed by atoms with Crippen LogP contribution in [0.15, 0.2) is 39.7 Å². The minimum Gasteiger partial charge on any atom is -0.318 e. The lowest BCUT2D eigenvalue weighted by atomic mass is 10.3. The number of nitrogens with one attached hydrogen (secondary N) is 2. The molecule has 0 spiro atoms. The van der Waals surface area contributed by atoms with E-state index in [0.29, 0.717) is 5.82 Å². The highest BCUT2D eigenvalue weighted by Crippen LogP contribution is 2.17. The van der Waals surface area contributed by atoms with Gasteiger partial charge in [-0.15, -0.1) is 0 Å². The smallest absolute Gasteiger partial charge is 0.273 e. The monoisotopic (exact) mass is 307 g/mol. The molecule has 0 aliphatic heterocycles. The first-order valence-corrected chi connectivity index (χ1v) is 5.98. The van der Waals surface area contributed by atoms with Crippen molar-refractivity contribution in [2.75, 3.05) is 5.32 Å². The van der Waals surface area contributed by atoms with Crippen LogP contribution >= 0.6 is 15.9 Å². The number of hydrogen-bond donors (Lipinski definition) is 2. The highest BCUT2D eigenvalue weighted by molar-refractivity contribution is 9.10. The topological polar surface area (TPSA) is 74.8 Å². The normalized spacial score (nSPS) is 10.1. The number of H-pyrrole nitrogens is 1. The van der Waals surface area contributed by atoms with Gasteiger partial charge in [-0.2, -0.15) is 0 Å². The third kappa shape index (κ3) is 2.84. The van der Waals surface area contributed by atoms with E-state index in [9.17, 15) is 9.59 Å². The number of aryl methyl sites for hydroxylation is 1. The number of halogens is 1. The fraction of sp³-hybridized carbons (Fsp3) is 0.0833. The summed E-state index contributed by atoms with van der Waals surface area (Å²) in [6.45, 7) is 1.89. The molecule has 2 heterocycles. The summed E-state index contributed by atoms with van der Waals surface area (Å²) in [4.78, 5) is 29.4. The van der Waals surface area contributed by atoms with Crippen LogP contribution < -0.4 is 10.9 Å². The molecule has 0 fully saturated rings. The summed E-state index contributed by atoms with van der Waals surface area (Å²) < 4.78 is 0.869. The quantitative estimate of drug-likeness (QED) is 0.892. The van der Waals surface area contributed by atoms with Gasteiger partial charge in [0.1, 0.15) is 11.5 Å². The van der Waals surface area contributed by atoms with E-state index in [2.05, 4.69) is 31.2 Å². The lowest BCUT2D eigenvalue weighted by Gasteiger charge is -2.05. The number of carbonyl (C=O) groups excluding carboxylic acids is 1. The summed E-state index contributed by atoms with van der Waals surface area (Å²) in [6, 6.07) is 6.14. The van der Waals surface area contributed by atoms with Crippen LogP contribution in [0.3, 0.4) is 0 Å². The van der Waals surface area contributed by atoms with Crippen molar-refractivity contribution in [3.63, 3.8) is 0 Å². The van der Waals surface area contributed by atoms with Crippen molar-refractivity contribution in [2.24, 2.45) is 0 Å². The standard InChI is InChI=1S/C12H10BrN3O2/c1-7-5-10(14-6-8(7)13)16-12(18)9-3-2-4-11(17)15-9/h2-6H,1H3,(H,15,17)(H,14,16,18). The van der Waals surface area contributed by atoms with Crippen LogP contribution in [0.5, 0.6) is 0 Å². The third-order valence-corrected chi connectivity index (χ3v) is 3.13. The first-order chi connectivity index (χ1) is 8.56. The molecule has 0 radical (unpaired) electrons. The second-order valence-electron chi connectivity index (χ2n) is 3.70. The molecule has 0 saturated carbocycles. The zero-order valence-electron chi connectivity index (χ0n) is 9.53. The molecular weight excluding hydrogens is 298 g/mol. The highest BCUT2D eigenvalue weighted by Gasteiger charge is 2.08. The van der Waals surface area contributed by atoms with Gasteiger partial charge in [-0.1, -0.05) is 6.07 Å². The number of aromatic amines is 1. The fourth-order valence-electron chi connectivity index (χ4n) is 1.37. The number of pyridine rings is 2. The molecule has 18 heavy (non-hydrogen) atoms. The molecule has 0 saturated heterocycles. The number of amides is 1. The van der Waals surface area contributed by atoms with Gasteiger partial charge in [0.05, 0.1) is 0 Å². The number of aromatic nitrogens is 2. The molecule has 1 amide bonds. The van der Waals surface area contributed by atoms with Crippen LogP contribution in [0.1, 0.15) is 16.1 Å². The van der Waals surface area contributed by atoms with E-state index >= 15 is 0 Å². The van der Waals surface area contributed by atoms with E-state index in [4.69, 9.17) is 0 Å². The summed E-state index contributed by atoms with van der Waals surface area (Å²) in [5.74, 6) is 0.0346. The zero-order chi connectivity index (χ0) is 13.1. The van der Waals surface area contributed by atoms with E-state index in [0.717, 1.165) is 10.0 Å². The van der Waals surface area contributed by atoms with E-state index in [-0.39, 0.29) is 11.3 Å². The van der Waals surface area contributed by atoms with Crippen molar-refractivity contribution in [1.29, 1.82) is 0 Å². The average molecular weight is 308 g/mol. The van der Waals surface area contributed by atoms with Gasteiger partial charge in [-0.25, -0.2) is 4.98 Å². The number of nitrogens with zero attached hydrogens (tertiary/aromatic N) is 1. The summed E-state index contributed by atoms with van der Waals surface area (Å²) in [6.07, 6.45) is 1.61. The zero-order valence-corrected chi connectivity index (χ0v) is 11.1. The molecule has 92 valence electrons. The maximum absolute atomic E-state index is 11.8.